The van der Waals surface area contributed by atoms with Gasteiger partial charge in [0.1, 0.15) is 17.4 Å². The summed E-state index contributed by atoms with van der Waals surface area (Å²) in [5, 5.41) is 11.9. The summed E-state index contributed by atoms with van der Waals surface area (Å²) in [7, 11) is 1.60. The van der Waals surface area contributed by atoms with Crippen LogP contribution in [-0.4, -0.2) is 25.8 Å². The molecule has 1 rings (SSSR count). The summed E-state index contributed by atoms with van der Waals surface area (Å²) in [5.74, 6) is 0.402. The van der Waals surface area contributed by atoms with Crippen LogP contribution in [0, 0.1) is 11.3 Å². The van der Waals surface area contributed by atoms with Crippen LogP contribution >= 0.6 is 11.8 Å². The lowest BCUT2D eigenvalue weighted by molar-refractivity contribution is -0.117. The third-order valence-electron chi connectivity index (χ3n) is 2.90. The van der Waals surface area contributed by atoms with Gasteiger partial charge in [-0.3, -0.25) is 4.79 Å². The van der Waals surface area contributed by atoms with Gasteiger partial charge in [0.2, 0.25) is 0 Å². The van der Waals surface area contributed by atoms with Gasteiger partial charge in [-0.15, -0.1) is 11.8 Å². The van der Waals surface area contributed by atoms with Crippen molar-refractivity contribution in [3.05, 3.63) is 29.3 Å². The van der Waals surface area contributed by atoms with Crippen LogP contribution in [0.25, 0.3) is 6.08 Å². The Labute approximate surface area is 130 Å². The molecular weight excluding hydrogens is 284 g/mol. The molecule has 0 aliphatic heterocycles. The van der Waals surface area contributed by atoms with Crippen molar-refractivity contribution in [3.8, 4) is 11.8 Å². The number of amides is 1. The number of nitrogens with one attached hydrogen (secondary N) is 1. The number of nitriles is 1. The Bertz CT molecular complexity index is 562. The monoisotopic (exact) mass is 304 g/mol. The van der Waals surface area contributed by atoms with Crippen molar-refractivity contribution in [1.29, 1.82) is 5.26 Å². The Hall–Kier alpha value is -1.93. The van der Waals surface area contributed by atoms with Gasteiger partial charge in [0, 0.05) is 11.4 Å². The van der Waals surface area contributed by atoms with E-state index >= 15 is 0 Å². The summed E-state index contributed by atoms with van der Waals surface area (Å²) in [6.07, 6.45) is 5.45. The molecule has 0 aromatic heterocycles. The van der Waals surface area contributed by atoms with E-state index in [1.54, 1.807) is 24.9 Å². The Kier molecular flexibility index (Phi) is 7.41. The zero-order valence-electron chi connectivity index (χ0n) is 12.6. The summed E-state index contributed by atoms with van der Waals surface area (Å²) < 4.78 is 5.30. The van der Waals surface area contributed by atoms with Crippen molar-refractivity contribution in [2.24, 2.45) is 0 Å². The third kappa shape index (κ3) is 5.16. The molecular formula is C16H20N2O2S. The van der Waals surface area contributed by atoms with Gasteiger partial charge in [0.05, 0.1) is 7.11 Å². The molecule has 0 aliphatic carbocycles. The number of methoxy groups -OCH3 is 1. The molecule has 0 bridgehead atoms. The fraction of sp³-hybridized carbons (Fsp3) is 0.375. The van der Waals surface area contributed by atoms with Gasteiger partial charge < -0.3 is 10.1 Å². The van der Waals surface area contributed by atoms with Crippen molar-refractivity contribution in [1.82, 2.24) is 5.32 Å². The minimum Gasteiger partial charge on any atom is -0.496 e. The van der Waals surface area contributed by atoms with Crippen LogP contribution in [0.5, 0.6) is 5.75 Å². The van der Waals surface area contributed by atoms with E-state index < -0.39 is 0 Å². The molecule has 0 spiro atoms. The maximum absolute atomic E-state index is 11.9. The summed E-state index contributed by atoms with van der Waals surface area (Å²) >= 11 is 1.58. The molecule has 1 amide bonds. The van der Waals surface area contributed by atoms with Crippen molar-refractivity contribution in [3.63, 3.8) is 0 Å². The molecule has 0 heterocycles. The molecule has 1 aromatic carbocycles. The van der Waals surface area contributed by atoms with Gasteiger partial charge in [-0.25, -0.2) is 0 Å². The Morgan fingerprint density at radius 1 is 1.52 bits per heavy atom. The lowest BCUT2D eigenvalue weighted by Gasteiger charge is -2.07. The fourth-order valence-corrected chi connectivity index (χ4v) is 2.28. The summed E-state index contributed by atoms with van der Waals surface area (Å²) in [6.45, 7) is 2.63. The maximum Gasteiger partial charge on any atom is 0.261 e. The average Bonchev–Trinajstić information content (AvgIpc) is 2.52. The number of unbranched alkanes of at least 4 members (excludes halogenated alkanes) is 1. The average molecular weight is 304 g/mol. The molecule has 0 unspecified atom stereocenters. The molecule has 0 saturated carbocycles. The Morgan fingerprint density at radius 3 is 2.86 bits per heavy atom. The second-order valence-electron chi connectivity index (χ2n) is 4.39. The van der Waals surface area contributed by atoms with Gasteiger partial charge in [-0.05, 0) is 36.4 Å². The van der Waals surface area contributed by atoms with Gasteiger partial charge in [0.15, 0.2) is 0 Å². The Morgan fingerprint density at radius 2 is 2.29 bits per heavy atom. The van der Waals surface area contributed by atoms with Crippen LogP contribution in [0.3, 0.4) is 0 Å². The van der Waals surface area contributed by atoms with Crippen LogP contribution < -0.4 is 10.1 Å². The van der Waals surface area contributed by atoms with Crippen LogP contribution in [0.15, 0.2) is 28.7 Å². The second kappa shape index (κ2) is 9.09. The highest BCUT2D eigenvalue weighted by atomic mass is 32.2. The fourth-order valence-electron chi connectivity index (χ4n) is 1.73. The zero-order valence-corrected chi connectivity index (χ0v) is 13.4. The van der Waals surface area contributed by atoms with E-state index in [-0.39, 0.29) is 11.5 Å². The van der Waals surface area contributed by atoms with E-state index in [1.807, 2.05) is 37.4 Å². The molecule has 1 aromatic rings. The molecule has 4 nitrogen and oxygen atoms in total. The van der Waals surface area contributed by atoms with Crippen molar-refractivity contribution in [2.75, 3.05) is 19.9 Å². The summed E-state index contributed by atoms with van der Waals surface area (Å²) in [6, 6.07) is 7.55. The number of rotatable bonds is 7. The lowest BCUT2D eigenvalue weighted by Crippen LogP contribution is -2.25. The number of nitrogens with zero attached hydrogens (tertiary/aromatic N) is 1. The van der Waals surface area contributed by atoms with E-state index in [0.717, 1.165) is 29.1 Å². The van der Waals surface area contributed by atoms with Crippen LogP contribution in [0.2, 0.25) is 0 Å². The van der Waals surface area contributed by atoms with Crippen LogP contribution in [-0.2, 0) is 4.79 Å². The van der Waals surface area contributed by atoms with E-state index in [0.29, 0.717) is 6.54 Å². The SMILES string of the molecule is CCCCNC(=O)C(C#N)=Cc1ccc(SC)c(OC)c1. The lowest BCUT2D eigenvalue weighted by atomic mass is 10.1. The highest BCUT2D eigenvalue weighted by Crippen LogP contribution is 2.29. The molecule has 112 valence electrons. The molecule has 0 aliphatic rings. The summed E-state index contributed by atoms with van der Waals surface area (Å²) in [4.78, 5) is 12.9. The van der Waals surface area contributed by atoms with E-state index in [1.165, 1.54) is 0 Å². The number of thioether (sulfide) groups is 1. The number of ether oxygens (including phenoxy) is 1. The Balaban J connectivity index is 2.93. The number of hydrogen-bond donors (Lipinski definition) is 1. The molecule has 1 N–H and O–H groups in total. The smallest absolute Gasteiger partial charge is 0.261 e. The van der Waals surface area contributed by atoms with Crippen molar-refractivity contribution >= 4 is 23.7 Å². The largest absolute Gasteiger partial charge is 0.496 e. The second-order valence-corrected chi connectivity index (χ2v) is 5.24. The third-order valence-corrected chi connectivity index (χ3v) is 3.68. The molecule has 5 heteroatoms. The van der Waals surface area contributed by atoms with E-state index in [4.69, 9.17) is 10.00 Å². The van der Waals surface area contributed by atoms with E-state index in [2.05, 4.69) is 5.32 Å². The number of carbonyl (C=O) groups excluding carboxylic acids is 1. The minimum absolute atomic E-state index is 0.102. The normalized spacial score (nSPS) is 10.9. The zero-order chi connectivity index (χ0) is 15.7. The molecule has 21 heavy (non-hydrogen) atoms. The quantitative estimate of drug-likeness (QED) is 0.363. The van der Waals surface area contributed by atoms with E-state index in [9.17, 15) is 4.79 Å². The number of carbonyl (C=O) groups is 1. The molecule has 0 radical (unpaired) electrons. The van der Waals surface area contributed by atoms with Crippen molar-refractivity contribution < 1.29 is 9.53 Å². The minimum atomic E-state index is -0.334. The topological polar surface area (TPSA) is 62.1 Å². The predicted molar refractivity (Wildman–Crippen MR) is 86.3 cm³/mol. The highest BCUT2D eigenvalue weighted by Gasteiger charge is 2.09. The molecule has 0 saturated heterocycles. The first kappa shape index (κ1) is 17.1. The predicted octanol–water partition coefficient (Wildman–Crippen LogP) is 3.24. The number of hydrogen-bond acceptors (Lipinski definition) is 4. The molecule has 0 atom stereocenters. The molecule has 0 fully saturated rings. The van der Waals surface area contributed by atoms with Gasteiger partial charge in [0.25, 0.3) is 5.91 Å². The summed E-state index contributed by atoms with van der Waals surface area (Å²) in [5.41, 5.74) is 0.872. The van der Waals surface area contributed by atoms with Gasteiger partial charge in [-0.2, -0.15) is 5.26 Å². The maximum atomic E-state index is 11.9. The first-order chi connectivity index (χ1) is 10.2. The van der Waals surface area contributed by atoms with Gasteiger partial charge in [-0.1, -0.05) is 19.4 Å². The number of benzene rings is 1. The first-order valence-corrected chi connectivity index (χ1v) is 8.00. The first-order valence-electron chi connectivity index (χ1n) is 6.78. The van der Waals surface area contributed by atoms with Crippen LogP contribution in [0.4, 0.5) is 0 Å². The van der Waals surface area contributed by atoms with Crippen LogP contribution in [0.1, 0.15) is 25.3 Å². The standard InChI is InChI=1S/C16H20N2O2S/c1-4-5-8-18-16(19)13(11-17)9-12-6-7-15(21-3)14(10-12)20-2/h6-7,9-10H,4-5,8H2,1-3H3,(H,18,19). The highest BCUT2D eigenvalue weighted by molar-refractivity contribution is 7.98. The van der Waals surface area contributed by atoms with Crippen molar-refractivity contribution in [2.45, 2.75) is 24.7 Å². The van der Waals surface area contributed by atoms with Gasteiger partial charge >= 0.3 is 0 Å².